The average Bonchev–Trinajstić information content (AvgIpc) is 2.87. The second-order valence-corrected chi connectivity index (χ2v) is 6.24. The molecule has 3 aromatic rings. The molecular formula is C17H14FN3O2S. The lowest BCUT2D eigenvalue weighted by atomic mass is 10.1. The van der Waals surface area contributed by atoms with Crippen LogP contribution in [0.2, 0.25) is 0 Å². The summed E-state index contributed by atoms with van der Waals surface area (Å²) < 4.78 is 14.7. The van der Waals surface area contributed by atoms with Gasteiger partial charge in [-0.25, -0.2) is 9.18 Å². The minimum Gasteiger partial charge on any atom is -0.351 e. The zero-order chi connectivity index (χ0) is 17.3. The summed E-state index contributed by atoms with van der Waals surface area (Å²) in [6.45, 7) is 1.73. The Morgan fingerprint density at radius 2 is 1.67 bits per heavy atom. The van der Waals surface area contributed by atoms with Crippen molar-refractivity contribution in [1.82, 2.24) is 0 Å². The third-order valence-corrected chi connectivity index (χ3v) is 4.78. The number of urea groups is 1. The minimum atomic E-state index is -0.658. The van der Waals surface area contributed by atoms with E-state index in [2.05, 4.69) is 10.6 Å². The average molecular weight is 343 g/mol. The van der Waals surface area contributed by atoms with E-state index in [1.54, 1.807) is 43.3 Å². The van der Waals surface area contributed by atoms with Crippen LogP contribution in [0, 0.1) is 12.7 Å². The number of rotatable bonds is 3. The van der Waals surface area contributed by atoms with Crippen molar-refractivity contribution in [2.45, 2.75) is 6.92 Å². The van der Waals surface area contributed by atoms with E-state index in [-0.39, 0.29) is 11.7 Å². The number of primary amides is 1. The van der Waals surface area contributed by atoms with Crippen LogP contribution in [0.1, 0.15) is 15.2 Å². The Morgan fingerprint density at radius 3 is 2.25 bits per heavy atom. The van der Waals surface area contributed by atoms with Crippen LogP contribution in [0.3, 0.4) is 0 Å². The van der Waals surface area contributed by atoms with Gasteiger partial charge in [-0.15, -0.1) is 11.3 Å². The van der Waals surface area contributed by atoms with Gasteiger partial charge in [0.25, 0.3) is 5.91 Å². The Hall–Kier alpha value is -2.93. The number of halogens is 1. The van der Waals surface area contributed by atoms with E-state index in [1.165, 1.54) is 17.4 Å². The molecule has 0 aliphatic carbocycles. The Bertz CT molecular complexity index is 935. The number of amides is 3. The van der Waals surface area contributed by atoms with Crippen LogP contribution in [-0.4, -0.2) is 11.9 Å². The Kier molecular flexibility index (Phi) is 4.18. The highest BCUT2D eigenvalue weighted by molar-refractivity contribution is 7.21. The normalized spacial score (nSPS) is 10.6. The molecule has 1 aromatic heterocycles. The molecule has 0 aliphatic rings. The summed E-state index contributed by atoms with van der Waals surface area (Å²) in [5, 5.41) is 5.68. The van der Waals surface area contributed by atoms with E-state index < -0.39 is 6.03 Å². The maximum Gasteiger partial charge on any atom is 0.316 e. The molecule has 122 valence electrons. The van der Waals surface area contributed by atoms with Crippen LogP contribution in [0.25, 0.3) is 10.1 Å². The molecule has 0 atom stereocenters. The monoisotopic (exact) mass is 343 g/mol. The van der Waals surface area contributed by atoms with Crippen molar-refractivity contribution in [3.8, 4) is 0 Å². The number of hydrogen-bond acceptors (Lipinski definition) is 3. The number of nitrogens with two attached hydrogens (primary N) is 1. The molecule has 2 aromatic carbocycles. The van der Waals surface area contributed by atoms with Crippen molar-refractivity contribution >= 4 is 44.7 Å². The number of anilines is 2. The predicted octanol–water partition coefficient (Wildman–Crippen LogP) is 4.09. The standard InChI is InChI=1S/C17H14FN3O2S/c1-9-14-12(18)3-2-4-13(14)24-15(9)16(22)20-10-5-7-11(8-6-10)21-17(19)23/h2-8H,1H3,(H,20,22)(H3,19,21,23). The number of fused-ring (bicyclic) bond motifs is 1. The van der Waals surface area contributed by atoms with Gasteiger partial charge in [-0.2, -0.15) is 0 Å². The van der Waals surface area contributed by atoms with Gasteiger partial charge in [0.2, 0.25) is 0 Å². The fraction of sp³-hybridized carbons (Fsp3) is 0.0588. The summed E-state index contributed by atoms with van der Waals surface area (Å²) in [5.41, 5.74) is 6.75. The van der Waals surface area contributed by atoms with Gasteiger partial charge in [0.05, 0.1) is 4.88 Å². The van der Waals surface area contributed by atoms with Crippen LogP contribution in [-0.2, 0) is 0 Å². The third-order valence-electron chi connectivity index (χ3n) is 3.52. The second-order valence-electron chi connectivity index (χ2n) is 5.19. The first kappa shape index (κ1) is 15.9. The molecular weight excluding hydrogens is 329 g/mol. The number of carbonyl (C=O) groups is 2. The van der Waals surface area contributed by atoms with Crippen LogP contribution in [0.4, 0.5) is 20.6 Å². The molecule has 24 heavy (non-hydrogen) atoms. The highest BCUT2D eigenvalue weighted by Gasteiger charge is 2.17. The molecule has 0 aliphatic heterocycles. The van der Waals surface area contributed by atoms with Crippen molar-refractivity contribution in [2.75, 3.05) is 10.6 Å². The topological polar surface area (TPSA) is 84.2 Å². The summed E-state index contributed by atoms with van der Waals surface area (Å²) in [4.78, 5) is 23.7. The summed E-state index contributed by atoms with van der Waals surface area (Å²) in [7, 11) is 0. The number of benzene rings is 2. The van der Waals surface area contributed by atoms with Gasteiger partial charge in [0.15, 0.2) is 0 Å². The highest BCUT2D eigenvalue weighted by Crippen LogP contribution is 2.33. The Balaban J connectivity index is 1.84. The van der Waals surface area contributed by atoms with Crippen LogP contribution >= 0.6 is 11.3 Å². The van der Waals surface area contributed by atoms with Crippen LogP contribution in [0.5, 0.6) is 0 Å². The molecule has 0 fully saturated rings. The molecule has 0 spiro atoms. The molecule has 3 rings (SSSR count). The van der Waals surface area contributed by atoms with Crippen molar-refractivity contribution in [3.05, 3.63) is 58.7 Å². The van der Waals surface area contributed by atoms with Crippen molar-refractivity contribution in [2.24, 2.45) is 5.73 Å². The maximum absolute atomic E-state index is 13.9. The first-order valence-corrected chi connectivity index (χ1v) is 7.93. The van der Waals surface area contributed by atoms with Crippen molar-refractivity contribution < 1.29 is 14.0 Å². The minimum absolute atomic E-state index is 0.302. The summed E-state index contributed by atoms with van der Waals surface area (Å²) in [6.07, 6.45) is 0. The molecule has 3 amide bonds. The predicted molar refractivity (Wildman–Crippen MR) is 94.1 cm³/mol. The van der Waals surface area contributed by atoms with E-state index in [4.69, 9.17) is 5.73 Å². The van der Waals surface area contributed by atoms with Crippen molar-refractivity contribution in [1.29, 1.82) is 0 Å². The van der Waals surface area contributed by atoms with Gasteiger partial charge < -0.3 is 16.4 Å². The molecule has 0 saturated carbocycles. The zero-order valence-corrected chi connectivity index (χ0v) is 13.5. The molecule has 0 saturated heterocycles. The smallest absolute Gasteiger partial charge is 0.316 e. The molecule has 0 radical (unpaired) electrons. The lowest BCUT2D eigenvalue weighted by Crippen LogP contribution is -2.19. The first-order valence-electron chi connectivity index (χ1n) is 7.11. The SMILES string of the molecule is Cc1c(C(=O)Nc2ccc(NC(N)=O)cc2)sc2cccc(F)c12. The highest BCUT2D eigenvalue weighted by atomic mass is 32.1. The van der Waals surface area contributed by atoms with Gasteiger partial charge in [0, 0.05) is 21.5 Å². The van der Waals surface area contributed by atoms with E-state index in [0.717, 1.165) is 4.70 Å². The maximum atomic E-state index is 13.9. The summed E-state index contributed by atoms with van der Waals surface area (Å²) in [6, 6.07) is 10.7. The number of hydrogen-bond donors (Lipinski definition) is 3. The van der Waals surface area contributed by atoms with Gasteiger partial charge >= 0.3 is 6.03 Å². The summed E-state index contributed by atoms with van der Waals surface area (Å²) in [5.74, 6) is -0.633. The van der Waals surface area contributed by atoms with Crippen LogP contribution < -0.4 is 16.4 Å². The molecule has 5 nitrogen and oxygen atoms in total. The van der Waals surface area contributed by atoms with Gasteiger partial charge in [-0.1, -0.05) is 6.07 Å². The molecule has 4 N–H and O–H groups in total. The van der Waals surface area contributed by atoms with Gasteiger partial charge in [-0.05, 0) is 48.9 Å². The lowest BCUT2D eigenvalue weighted by Gasteiger charge is -2.06. The Labute approximate surface area is 141 Å². The third kappa shape index (κ3) is 3.07. The first-order chi connectivity index (χ1) is 11.5. The van der Waals surface area contributed by atoms with E-state index in [0.29, 0.717) is 27.2 Å². The molecule has 0 bridgehead atoms. The van der Waals surface area contributed by atoms with E-state index in [9.17, 15) is 14.0 Å². The number of thiophene rings is 1. The largest absolute Gasteiger partial charge is 0.351 e. The molecule has 7 heteroatoms. The van der Waals surface area contributed by atoms with E-state index in [1.807, 2.05) is 0 Å². The number of nitrogens with one attached hydrogen (secondary N) is 2. The van der Waals surface area contributed by atoms with Crippen molar-refractivity contribution in [3.63, 3.8) is 0 Å². The second kappa shape index (κ2) is 6.29. The van der Waals surface area contributed by atoms with Gasteiger partial charge in [-0.3, -0.25) is 4.79 Å². The fourth-order valence-electron chi connectivity index (χ4n) is 2.44. The number of carbonyl (C=O) groups excluding carboxylic acids is 2. The van der Waals surface area contributed by atoms with E-state index >= 15 is 0 Å². The van der Waals surface area contributed by atoms with Crippen LogP contribution in [0.15, 0.2) is 42.5 Å². The van der Waals surface area contributed by atoms with Gasteiger partial charge in [0.1, 0.15) is 5.82 Å². The lowest BCUT2D eigenvalue weighted by molar-refractivity contribution is 0.103. The molecule has 0 unspecified atom stereocenters. The molecule has 1 heterocycles. The number of aryl methyl sites for hydroxylation is 1. The quantitative estimate of drug-likeness (QED) is 0.669. The Morgan fingerprint density at radius 1 is 1.04 bits per heavy atom. The summed E-state index contributed by atoms with van der Waals surface area (Å²) >= 11 is 1.25. The zero-order valence-electron chi connectivity index (χ0n) is 12.7. The fourth-order valence-corrected chi connectivity index (χ4v) is 3.56.